The Hall–Kier alpha value is -0.890. The maximum Gasteiger partial charge on any atom is 0.127 e. The molecule has 1 N–H and O–H groups in total. The van der Waals surface area contributed by atoms with E-state index in [9.17, 15) is 4.39 Å². The third-order valence-corrected chi connectivity index (χ3v) is 4.52. The van der Waals surface area contributed by atoms with E-state index in [0.29, 0.717) is 12.0 Å². The third kappa shape index (κ3) is 3.60. The molecule has 1 aromatic carbocycles. The predicted octanol–water partition coefficient (Wildman–Crippen LogP) is 4.86. The Labute approximate surface area is 123 Å². The third-order valence-electron chi connectivity index (χ3n) is 4.52. The Morgan fingerprint density at radius 2 is 1.90 bits per heavy atom. The summed E-state index contributed by atoms with van der Waals surface area (Å²) in [6.07, 6.45) is 7.21. The molecule has 0 spiro atoms. The molecule has 2 unspecified atom stereocenters. The molecule has 2 atom stereocenters. The van der Waals surface area contributed by atoms with Crippen LogP contribution in [-0.4, -0.2) is 12.6 Å². The van der Waals surface area contributed by atoms with Crippen LogP contribution in [0.25, 0.3) is 0 Å². The second-order valence-electron chi connectivity index (χ2n) is 6.28. The van der Waals surface area contributed by atoms with Crippen LogP contribution in [0, 0.1) is 19.7 Å². The van der Waals surface area contributed by atoms with Crippen LogP contribution in [0.2, 0.25) is 0 Å². The van der Waals surface area contributed by atoms with Gasteiger partial charge < -0.3 is 5.32 Å². The van der Waals surface area contributed by atoms with Gasteiger partial charge in [-0.25, -0.2) is 4.39 Å². The standard InChI is InChI=1S/C18H28FN/c1-4-10-20-17-9-7-5-6-8-15(17)18-14(3)11-13(2)12-16(18)19/h11-12,15,17,20H,4-10H2,1-3H3. The van der Waals surface area contributed by atoms with Crippen molar-refractivity contribution in [3.05, 3.63) is 34.6 Å². The molecule has 20 heavy (non-hydrogen) atoms. The zero-order valence-electron chi connectivity index (χ0n) is 13.1. The van der Waals surface area contributed by atoms with E-state index in [-0.39, 0.29) is 5.82 Å². The van der Waals surface area contributed by atoms with Gasteiger partial charge >= 0.3 is 0 Å². The summed E-state index contributed by atoms with van der Waals surface area (Å²) in [7, 11) is 0. The summed E-state index contributed by atoms with van der Waals surface area (Å²) in [4.78, 5) is 0. The van der Waals surface area contributed by atoms with Crippen molar-refractivity contribution in [2.45, 2.75) is 71.3 Å². The lowest BCUT2D eigenvalue weighted by molar-refractivity contribution is 0.399. The second kappa shape index (κ2) is 7.21. The molecule has 1 aliphatic rings. The van der Waals surface area contributed by atoms with Crippen LogP contribution in [0.15, 0.2) is 12.1 Å². The van der Waals surface area contributed by atoms with Crippen molar-refractivity contribution in [3.63, 3.8) is 0 Å². The van der Waals surface area contributed by atoms with Crippen LogP contribution in [0.1, 0.15) is 68.1 Å². The highest BCUT2D eigenvalue weighted by molar-refractivity contribution is 5.35. The van der Waals surface area contributed by atoms with Crippen LogP contribution >= 0.6 is 0 Å². The second-order valence-corrected chi connectivity index (χ2v) is 6.28. The summed E-state index contributed by atoms with van der Waals surface area (Å²) in [6.45, 7) is 7.26. The SMILES string of the molecule is CCCNC1CCCCCC1c1c(C)cc(C)cc1F. The van der Waals surface area contributed by atoms with Crippen molar-refractivity contribution < 1.29 is 4.39 Å². The van der Waals surface area contributed by atoms with Gasteiger partial charge in [0.2, 0.25) is 0 Å². The first-order valence-corrected chi connectivity index (χ1v) is 8.13. The molecule has 0 aromatic heterocycles. The van der Waals surface area contributed by atoms with Crippen LogP contribution < -0.4 is 5.32 Å². The van der Waals surface area contributed by atoms with Gasteiger partial charge in [0.25, 0.3) is 0 Å². The molecule has 1 aromatic rings. The topological polar surface area (TPSA) is 12.0 Å². The highest BCUT2D eigenvalue weighted by atomic mass is 19.1. The Morgan fingerprint density at radius 3 is 2.60 bits per heavy atom. The monoisotopic (exact) mass is 277 g/mol. The van der Waals surface area contributed by atoms with Crippen LogP contribution in [0.5, 0.6) is 0 Å². The summed E-state index contributed by atoms with van der Waals surface area (Å²) >= 11 is 0. The van der Waals surface area contributed by atoms with Gasteiger partial charge in [-0.15, -0.1) is 0 Å². The first kappa shape index (κ1) is 15.5. The summed E-state index contributed by atoms with van der Waals surface area (Å²) < 4.78 is 14.5. The molecule has 1 nitrogen and oxygen atoms in total. The smallest absolute Gasteiger partial charge is 0.127 e. The average Bonchev–Trinajstić information content (AvgIpc) is 2.61. The van der Waals surface area contributed by atoms with E-state index < -0.39 is 0 Å². The van der Waals surface area contributed by atoms with Crippen molar-refractivity contribution in [2.75, 3.05) is 6.54 Å². The van der Waals surface area contributed by atoms with Crippen LogP contribution in [0.3, 0.4) is 0 Å². The molecule has 0 aliphatic heterocycles. The normalized spacial score (nSPS) is 23.6. The maximum atomic E-state index is 14.5. The van der Waals surface area contributed by atoms with E-state index in [4.69, 9.17) is 0 Å². The molecule has 0 bridgehead atoms. The Kier molecular flexibility index (Phi) is 5.59. The quantitative estimate of drug-likeness (QED) is 0.775. The van der Waals surface area contributed by atoms with Gasteiger partial charge in [0.1, 0.15) is 5.82 Å². The molecular weight excluding hydrogens is 249 g/mol. The van der Waals surface area contributed by atoms with Gasteiger partial charge in [-0.1, -0.05) is 32.3 Å². The minimum absolute atomic E-state index is 0.00213. The van der Waals surface area contributed by atoms with Gasteiger partial charge in [-0.05, 0) is 62.4 Å². The Bertz CT molecular complexity index is 418. The molecule has 0 saturated heterocycles. The summed E-state index contributed by atoms with van der Waals surface area (Å²) in [5, 5.41) is 3.66. The van der Waals surface area contributed by atoms with E-state index in [2.05, 4.69) is 25.2 Å². The molecular formula is C18H28FN. The zero-order valence-corrected chi connectivity index (χ0v) is 13.1. The molecule has 2 rings (SSSR count). The summed E-state index contributed by atoms with van der Waals surface area (Å²) in [5.41, 5.74) is 3.11. The van der Waals surface area contributed by atoms with Crippen LogP contribution in [0.4, 0.5) is 4.39 Å². The average molecular weight is 277 g/mol. The van der Waals surface area contributed by atoms with E-state index in [0.717, 1.165) is 36.1 Å². The number of benzene rings is 1. The lowest BCUT2D eigenvalue weighted by Crippen LogP contribution is -2.35. The van der Waals surface area contributed by atoms with Gasteiger partial charge in [0, 0.05) is 12.0 Å². The van der Waals surface area contributed by atoms with Gasteiger partial charge in [0.05, 0.1) is 0 Å². The van der Waals surface area contributed by atoms with Gasteiger partial charge in [-0.2, -0.15) is 0 Å². The van der Waals surface area contributed by atoms with Crippen molar-refractivity contribution in [1.29, 1.82) is 0 Å². The summed E-state index contributed by atoms with van der Waals surface area (Å²) in [5.74, 6) is 0.336. The largest absolute Gasteiger partial charge is 0.313 e. The number of rotatable bonds is 4. The molecule has 0 radical (unpaired) electrons. The van der Waals surface area contributed by atoms with E-state index in [1.54, 1.807) is 6.07 Å². The molecule has 1 aliphatic carbocycles. The molecule has 112 valence electrons. The van der Waals surface area contributed by atoms with Gasteiger partial charge in [-0.3, -0.25) is 0 Å². The lowest BCUT2D eigenvalue weighted by Gasteiger charge is -2.28. The minimum atomic E-state index is -0.00213. The van der Waals surface area contributed by atoms with E-state index in [1.807, 2.05) is 6.92 Å². The highest BCUT2D eigenvalue weighted by Gasteiger charge is 2.28. The molecule has 2 heteroatoms. The number of aryl methyl sites for hydroxylation is 2. The summed E-state index contributed by atoms with van der Waals surface area (Å²) in [6, 6.07) is 4.26. The first-order chi connectivity index (χ1) is 9.63. The first-order valence-electron chi connectivity index (χ1n) is 8.13. The van der Waals surface area contributed by atoms with E-state index >= 15 is 0 Å². The van der Waals surface area contributed by atoms with Crippen molar-refractivity contribution >= 4 is 0 Å². The fourth-order valence-corrected chi connectivity index (χ4v) is 3.62. The van der Waals surface area contributed by atoms with Crippen molar-refractivity contribution in [3.8, 4) is 0 Å². The van der Waals surface area contributed by atoms with Crippen molar-refractivity contribution in [2.24, 2.45) is 0 Å². The fraction of sp³-hybridized carbons (Fsp3) is 0.667. The molecule has 1 fully saturated rings. The van der Waals surface area contributed by atoms with Gasteiger partial charge in [0.15, 0.2) is 0 Å². The van der Waals surface area contributed by atoms with E-state index in [1.165, 1.54) is 25.7 Å². The van der Waals surface area contributed by atoms with Crippen molar-refractivity contribution in [1.82, 2.24) is 5.32 Å². The maximum absolute atomic E-state index is 14.5. The van der Waals surface area contributed by atoms with Crippen LogP contribution in [-0.2, 0) is 0 Å². The zero-order chi connectivity index (χ0) is 14.5. The Balaban J connectivity index is 2.30. The molecule has 0 amide bonds. The number of hydrogen-bond acceptors (Lipinski definition) is 1. The highest BCUT2D eigenvalue weighted by Crippen LogP contribution is 2.35. The fourth-order valence-electron chi connectivity index (χ4n) is 3.62. The minimum Gasteiger partial charge on any atom is -0.313 e. The number of halogens is 1. The molecule has 1 saturated carbocycles. The number of nitrogens with one attached hydrogen (secondary N) is 1. The Morgan fingerprint density at radius 1 is 1.15 bits per heavy atom. The molecule has 0 heterocycles. The lowest BCUT2D eigenvalue weighted by atomic mass is 9.84. The predicted molar refractivity (Wildman–Crippen MR) is 83.8 cm³/mol. The number of hydrogen-bond donors (Lipinski definition) is 1.